The van der Waals surface area contributed by atoms with Crippen LogP contribution < -0.4 is 11.1 Å². The van der Waals surface area contributed by atoms with Crippen molar-refractivity contribution in [2.45, 2.75) is 19.3 Å². The maximum absolute atomic E-state index is 10.6. The van der Waals surface area contributed by atoms with Crippen molar-refractivity contribution in [2.75, 3.05) is 5.32 Å². The van der Waals surface area contributed by atoms with Crippen LogP contribution in [-0.2, 0) is 4.79 Å². The van der Waals surface area contributed by atoms with E-state index in [-0.39, 0.29) is 12.3 Å². The van der Waals surface area contributed by atoms with Gasteiger partial charge in [0, 0.05) is 5.69 Å². The lowest BCUT2D eigenvalue weighted by molar-refractivity contribution is -0.137. The maximum Gasteiger partial charge on any atom is 0.316 e. The van der Waals surface area contributed by atoms with Crippen LogP contribution in [0, 0.1) is 0 Å². The largest absolute Gasteiger partial charge is 0.481 e. The van der Waals surface area contributed by atoms with Crippen molar-refractivity contribution < 1.29 is 14.7 Å². The molecule has 1 unspecified atom stereocenters. The summed E-state index contributed by atoms with van der Waals surface area (Å²) >= 11 is 0. The number of hydrogen-bond acceptors (Lipinski definition) is 2. The SMILES string of the molecule is CC(CC(=O)O)c1cccc(NC(N)=O)c1. The molecule has 0 saturated carbocycles. The van der Waals surface area contributed by atoms with Crippen LogP contribution in [0.1, 0.15) is 24.8 Å². The van der Waals surface area contributed by atoms with E-state index in [2.05, 4.69) is 5.32 Å². The molecule has 86 valence electrons. The number of rotatable bonds is 4. The minimum absolute atomic E-state index is 0.0556. The summed E-state index contributed by atoms with van der Waals surface area (Å²) in [4.78, 5) is 21.2. The van der Waals surface area contributed by atoms with Gasteiger partial charge in [-0.25, -0.2) is 4.79 Å². The van der Waals surface area contributed by atoms with Gasteiger partial charge in [-0.15, -0.1) is 0 Å². The highest BCUT2D eigenvalue weighted by atomic mass is 16.4. The van der Waals surface area contributed by atoms with Crippen LogP contribution in [-0.4, -0.2) is 17.1 Å². The van der Waals surface area contributed by atoms with E-state index in [0.717, 1.165) is 5.56 Å². The van der Waals surface area contributed by atoms with Gasteiger partial charge in [0.25, 0.3) is 0 Å². The number of nitrogens with one attached hydrogen (secondary N) is 1. The molecule has 0 heterocycles. The van der Waals surface area contributed by atoms with Gasteiger partial charge in [0.1, 0.15) is 0 Å². The summed E-state index contributed by atoms with van der Waals surface area (Å²) in [6.45, 7) is 1.82. The molecule has 4 N–H and O–H groups in total. The maximum atomic E-state index is 10.6. The van der Waals surface area contributed by atoms with Gasteiger partial charge in [-0.3, -0.25) is 4.79 Å². The quantitative estimate of drug-likeness (QED) is 0.724. The summed E-state index contributed by atoms with van der Waals surface area (Å²) in [5.41, 5.74) is 6.41. The highest BCUT2D eigenvalue weighted by Crippen LogP contribution is 2.21. The molecule has 0 aliphatic carbocycles. The minimum atomic E-state index is -0.847. The zero-order valence-electron chi connectivity index (χ0n) is 8.93. The van der Waals surface area contributed by atoms with Gasteiger partial charge in [-0.2, -0.15) is 0 Å². The van der Waals surface area contributed by atoms with Crippen molar-refractivity contribution in [2.24, 2.45) is 5.73 Å². The smallest absolute Gasteiger partial charge is 0.316 e. The fraction of sp³-hybridized carbons (Fsp3) is 0.273. The summed E-state index contributed by atoms with van der Waals surface area (Å²) in [7, 11) is 0. The van der Waals surface area contributed by atoms with E-state index >= 15 is 0 Å². The predicted molar refractivity (Wildman–Crippen MR) is 60.3 cm³/mol. The zero-order valence-corrected chi connectivity index (χ0v) is 8.93. The molecule has 1 aromatic rings. The summed E-state index contributed by atoms with van der Waals surface area (Å²) in [5.74, 6) is -0.951. The first-order valence-electron chi connectivity index (χ1n) is 4.87. The molecule has 0 aromatic heterocycles. The van der Waals surface area contributed by atoms with E-state index in [1.807, 2.05) is 13.0 Å². The first kappa shape index (κ1) is 12.0. The van der Waals surface area contributed by atoms with E-state index in [9.17, 15) is 9.59 Å². The predicted octanol–water partition coefficient (Wildman–Crippen LogP) is 1.76. The minimum Gasteiger partial charge on any atom is -0.481 e. The topological polar surface area (TPSA) is 92.4 Å². The van der Waals surface area contributed by atoms with Crippen LogP contribution in [0.4, 0.5) is 10.5 Å². The summed E-state index contributed by atoms with van der Waals surface area (Å²) in [6.07, 6.45) is 0.0556. The lowest BCUT2D eigenvalue weighted by Gasteiger charge is -2.10. The monoisotopic (exact) mass is 222 g/mol. The van der Waals surface area contributed by atoms with Gasteiger partial charge in [-0.05, 0) is 23.6 Å². The molecule has 1 aromatic carbocycles. The molecule has 1 rings (SSSR count). The molecule has 0 spiro atoms. The second-order valence-corrected chi connectivity index (χ2v) is 3.61. The molecule has 0 bridgehead atoms. The van der Waals surface area contributed by atoms with Crippen molar-refractivity contribution in [3.8, 4) is 0 Å². The number of carboxylic acid groups (broad SMARTS) is 1. The van der Waals surface area contributed by atoms with Crippen molar-refractivity contribution >= 4 is 17.7 Å². The Morgan fingerprint density at radius 2 is 2.19 bits per heavy atom. The number of carbonyl (C=O) groups excluding carboxylic acids is 1. The molecule has 5 nitrogen and oxygen atoms in total. The third-order valence-electron chi connectivity index (χ3n) is 2.20. The molecule has 2 amide bonds. The average Bonchev–Trinajstić information content (AvgIpc) is 2.16. The Morgan fingerprint density at radius 3 is 2.75 bits per heavy atom. The van der Waals surface area contributed by atoms with Crippen LogP contribution in [0.3, 0.4) is 0 Å². The molecule has 0 aliphatic heterocycles. The van der Waals surface area contributed by atoms with Gasteiger partial charge in [0.05, 0.1) is 6.42 Å². The summed E-state index contributed by atoms with van der Waals surface area (Å²) < 4.78 is 0. The van der Waals surface area contributed by atoms with Gasteiger partial charge in [0.2, 0.25) is 0 Å². The third-order valence-corrected chi connectivity index (χ3v) is 2.20. The van der Waals surface area contributed by atoms with Gasteiger partial charge < -0.3 is 16.2 Å². The first-order chi connectivity index (χ1) is 7.49. The molecule has 0 fully saturated rings. The van der Waals surface area contributed by atoms with E-state index in [0.29, 0.717) is 5.69 Å². The molecular weight excluding hydrogens is 208 g/mol. The Labute approximate surface area is 93.3 Å². The standard InChI is InChI=1S/C11H14N2O3/c1-7(5-10(14)15)8-3-2-4-9(6-8)13-11(12)16/h2-4,6-7H,5H2,1H3,(H,14,15)(H3,12,13,16). The molecule has 0 aliphatic rings. The second-order valence-electron chi connectivity index (χ2n) is 3.61. The summed E-state index contributed by atoms with van der Waals surface area (Å²) in [6, 6.07) is 6.35. The van der Waals surface area contributed by atoms with Gasteiger partial charge in [0.15, 0.2) is 0 Å². The van der Waals surface area contributed by atoms with Gasteiger partial charge in [-0.1, -0.05) is 19.1 Å². The normalized spacial score (nSPS) is 11.8. The van der Waals surface area contributed by atoms with Gasteiger partial charge >= 0.3 is 12.0 Å². The lowest BCUT2D eigenvalue weighted by Crippen LogP contribution is -2.19. The highest BCUT2D eigenvalue weighted by Gasteiger charge is 2.10. The van der Waals surface area contributed by atoms with Crippen LogP contribution >= 0.6 is 0 Å². The third kappa shape index (κ3) is 3.61. The zero-order chi connectivity index (χ0) is 12.1. The number of carbonyl (C=O) groups is 2. The Bertz CT molecular complexity index is 404. The number of urea groups is 1. The number of benzene rings is 1. The molecule has 0 saturated heterocycles. The van der Waals surface area contributed by atoms with Crippen LogP contribution in [0.2, 0.25) is 0 Å². The van der Waals surface area contributed by atoms with Crippen molar-refractivity contribution in [3.05, 3.63) is 29.8 Å². The van der Waals surface area contributed by atoms with Crippen molar-refractivity contribution in [1.29, 1.82) is 0 Å². The summed E-state index contributed by atoms with van der Waals surface area (Å²) in [5, 5.41) is 11.1. The number of aliphatic carboxylic acids is 1. The molecule has 1 atom stereocenters. The number of carboxylic acids is 1. The van der Waals surface area contributed by atoms with E-state index < -0.39 is 12.0 Å². The first-order valence-corrected chi connectivity index (χ1v) is 4.87. The molecule has 16 heavy (non-hydrogen) atoms. The van der Waals surface area contributed by atoms with E-state index in [1.54, 1.807) is 18.2 Å². The number of primary amides is 1. The van der Waals surface area contributed by atoms with Crippen LogP contribution in [0.5, 0.6) is 0 Å². The van der Waals surface area contributed by atoms with Crippen molar-refractivity contribution in [3.63, 3.8) is 0 Å². The Kier molecular flexibility index (Phi) is 3.88. The average molecular weight is 222 g/mol. The highest BCUT2D eigenvalue weighted by molar-refractivity contribution is 5.87. The Morgan fingerprint density at radius 1 is 1.50 bits per heavy atom. The lowest BCUT2D eigenvalue weighted by atomic mass is 9.97. The number of anilines is 1. The number of hydrogen-bond donors (Lipinski definition) is 3. The van der Waals surface area contributed by atoms with E-state index in [4.69, 9.17) is 10.8 Å². The fourth-order valence-corrected chi connectivity index (χ4v) is 1.44. The van der Waals surface area contributed by atoms with Crippen molar-refractivity contribution in [1.82, 2.24) is 0 Å². The number of amides is 2. The molecule has 0 radical (unpaired) electrons. The van der Waals surface area contributed by atoms with E-state index in [1.165, 1.54) is 0 Å². The van der Waals surface area contributed by atoms with Crippen LogP contribution in [0.15, 0.2) is 24.3 Å². The fourth-order valence-electron chi connectivity index (χ4n) is 1.44. The number of nitrogens with two attached hydrogens (primary N) is 1. The Hall–Kier alpha value is -2.04. The molecule has 5 heteroatoms. The van der Waals surface area contributed by atoms with Crippen LogP contribution in [0.25, 0.3) is 0 Å². The molecular formula is C11H14N2O3. The second kappa shape index (κ2) is 5.16. The Balaban J connectivity index is 2.80.